The van der Waals surface area contributed by atoms with Crippen molar-refractivity contribution in [2.45, 2.75) is 13.0 Å². The van der Waals surface area contributed by atoms with Gasteiger partial charge in [-0.3, -0.25) is 9.59 Å². The Labute approximate surface area is 121 Å². The minimum atomic E-state index is -0.663. The summed E-state index contributed by atoms with van der Waals surface area (Å²) in [5.41, 5.74) is 7.48. The van der Waals surface area contributed by atoms with Crippen molar-refractivity contribution in [3.63, 3.8) is 0 Å². The molecule has 0 saturated heterocycles. The number of nitrogens with zero attached hydrogens (tertiary/aromatic N) is 3. The zero-order valence-electron chi connectivity index (χ0n) is 11.3. The number of carbonyl (C=O) groups is 2. The van der Waals surface area contributed by atoms with Crippen LogP contribution in [0.5, 0.6) is 0 Å². The molecule has 6 nitrogen and oxygen atoms in total. The first-order chi connectivity index (χ1) is 10.1. The predicted octanol–water partition coefficient (Wildman–Crippen LogP) is 0.774. The van der Waals surface area contributed by atoms with E-state index in [2.05, 4.69) is 9.97 Å². The Balaban J connectivity index is 1.85. The normalized spacial score (nSPS) is 13.6. The quantitative estimate of drug-likeness (QED) is 0.881. The largest absolute Gasteiger partial charge is 0.363 e. The third-order valence-corrected chi connectivity index (χ3v) is 3.47. The van der Waals surface area contributed by atoms with E-state index in [0.717, 1.165) is 5.56 Å². The molecule has 21 heavy (non-hydrogen) atoms. The van der Waals surface area contributed by atoms with Crippen molar-refractivity contribution in [1.82, 2.24) is 14.9 Å². The van der Waals surface area contributed by atoms with Crippen LogP contribution in [0, 0.1) is 0 Å². The summed E-state index contributed by atoms with van der Waals surface area (Å²) in [6.45, 7) is 0.978. The maximum atomic E-state index is 12.4. The molecule has 106 valence electrons. The summed E-state index contributed by atoms with van der Waals surface area (Å²) in [5, 5.41) is 0. The number of benzene rings is 1. The summed E-state index contributed by atoms with van der Waals surface area (Å²) in [6, 6.07) is 9.10. The van der Waals surface area contributed by atoms with Gasteiger partial charge >= 0.3 is 0 Å². The predicted molar refractivity (Wildman–Crippen MR) is 75.4 cm³/mol. The average molecular weight is 282 g/mol. The SMILES string of the molecule is NC(=O)c1ncc2c(n1)CN(C(=O)c1ccccc1)CC2. The van der Waals surface area contributed by atoms with Crippen LogP contribution in [0.2, 0.25) is 0 Å². The van der Waals surface area contributed by atoms with Gasteiger partial charge in [0.2, 0.25) is 5.82 Å². The molecule has 0 atom stereocenters. The number of amides is 2. The highest BCUT2D eigenvalue weighted by atomic mass is 16.2. The van der Waals surface area contributed by atoms with Gasteiger partial charge in [-0.05, 0) is 24.1 Å². The molecule has 0 unspecified atom stereocenters. The highest BCUT2D eigenvalue weighted by Crippen LogP contribution is 2.18. The van der Waals surface area contributed by atoms with E-state index in [0.29, 0.717) is 30.8 Å². The molecule has 3 rings (SSSR count). The van der Waals surface area contributed by atoms with Crippen molar-refractivity contribution in [1.29, 1.82) is 0 Å². The molecule has 0 spiro atoms. The van der Waals surface area contributed by atoms with Crippen LogP contribution < -0.4 is 5.73 Å². The van der Waals surface area contributed by atoms with Crippen LogP contribution in [0.25, 0.3) is 0 Å². The van der Waals surface area contributed by atoms with E-state index in [9.17, 15) is 9.59 Å². The monoisotopic (exact) mass is 282 g/mol. The van der Waals surface area contributed by atoms with Gasteiger partial charge in [0.05, 0.1) is 12.2 Å². The molecule has 1 aromatic heterocycles. The summed E-state index contributed by atoms with van der Waals surface area (Å²) >= 11 is 0. The van der Waals surface area contributed by atoms with E-state index < -0.39 is 5.91 Å². The van der Waals surface area contributed by atoms with Crippen LogP contribution in [0.4, 0.5) is 0 Å². The van der Waals surface area contributed by atoms with E-state index in [1.54, 1.807) is 23.2 Å². The molecule has 1 aliphatic rings. The van der Waals surface area contributed by atoms with Gasteiger partial charge < -0.3 is 10.6 Å². The maximum Gasteiger partial charge on any atom is 0.286 e. The number of aromatic nitrogens is 2. The molecule has 0 bridgehead atoms. The molecule has 0 fully saturated rings. The lowest BCUT2D eigenvalue weighted by molar-refractivity contribution is 0.0731. The van der Waals surface area contributed by atoms with E-state index in [1.807, 2.05) is 18.2 Å². The summed E-state index contributed by atoms with van der Waals surface area (Å²) in [6.07, 6.45) is 2.29. The van der Waals surface area contributed by atoms with Crippen LogP contribution in [0.15, 0.2) is 36.5 Å². The van der Waals surface area contributed by atoms with Gasteiger partial charge in [-0.25, -0.2) is 9.97 Å². The lowest BCUT2D eigenvalue weighted by Crippen LogP contribution is -2.37. The zero-order valence-corrected chi connectivity index (χ0v) is 11.3. The number of rotatable bonds is 2. The van der Waals surface area contributed by atoms with Crippen LogP contribution >= 0.6 is 0 Å². The van der Waals surface area contributed by atoms with Gasteiger partial charge in [0.15, 0.2) is 0 Å². The first-order valence-electron chi connectivity index (χ1n) is 6.64. The van der Waals surface area contributed by atoms with E-state index in [-0.39, 0.29) is 11.7 Å². The Morgan fingerprint density at radius 2 is 1.95 bits per heavy atom. The second kappa shape index (κ2) is 5.32. The molecule has 6 heteroatoms. The van der Waals surface area contributed by atoms with Crippen molar-refractivity contribution in [3.05, 3.63) is 59.2 Å². The average Bonchev–Trinajstić information content (AvgIpc) is 2.54. The Morgan fingerprint density at radius 3 is 2.67 bits per heavy atom. The highest BCUT2D eigenvalue weighted by Gasteiger charge is 2.23. The molecule has 2 N–H and O–H groups in total. The number of nitrogens with two attached hydrogens (primary N) is 1. The van der Waals surface area contributed by atoms with E-state index in [4.69, 9.17) is 5.73 Å². The lowest BCUT2D eigenvalue weighted by Gasteiger charge is -2.28. The summed E-state index contributed by atoms with van der Waals surface area (Å²) in [4.78, 5) is 33.4. The smallest absolute Gasteiger partial charge is 0.286 e. The van der Waals surface area contributed by atoms with E-state index >= 15 is 0 Å². The summed E-state index contributed by atoms with van der Waals surface area (Å²) in [7, 11) is 0. The van der Waals surface area contributed by atoms with Crippen molar-refractivity contribution >= 4 is 11.8 Å². The fourth-order valence-electron chi connectivity index (χ4n) is 2.36. The molecule has 2 amide bonds. The van der Waals surface area contributed by atoms with Crippen molar-refractivity contribution < 1.29 is 9.59 Å². The molecule has 0 radical (unpaired) electrons. The van der Waals surface area contributed by atoms with Gasteiger partial charge in [0.1, 0.15) is 0 Å². The number of hydrogen-bond donors (Lipinski definition) is 1. The molecular weight excluding hydrogens is 268 g/mol. The fraction of sp³-hybridized carbons (Fsp3) is 0.200. The Morgan fingerprint density at radius 1 is 1.19 bits per heavy atom. The van der Waals surface area contributed by atoms with Gasteiger partial charge in [-0.1, -0.05) is 18.2 Å². The number of hydrogen-bond acceptors (Lipinski definition) is 4. The first-order valence-corrected chi connectivity index (χ1v) is 6.64. The van der Waals surface area contributed by atoms with Gasteiger partial charge in [-0.15, -0.1) is 0 Å². The third-order valence-electron chi connectivity index (χ3n) is 3.47. The lowest BCUT2D eigenvalue weighted by atomic mass is 10.1. The Kier molecular flexibility index (Phi) is 3.35. The van der Waals surface area contributed by atoms with Crippen LogP contribution in [-0.4, -0.2) is 33.2 Å². The minimum absolute atomic E-state index is 0.0113. The van der Waals surface area contributed by atoms with Gasteiger partial charge in [0.25, 0.3) is 11.8 Å². The van der Waals surface area contributed by atoms with Crippen molar-refractivity contribution in [2.24, 2.45) is 5.73 Å². The third kappa shape index (κ3) is 2.60. The van der Waals surface area contributed by atoms with Crippen molar-refractivity contribution in [2.75, 3.05) is 6.54 Å². The van der Waals surface area contributed by atoms with Gasteiger partial charge in [0, 0.05) is 18.3 Å². The maximum absolute atomic E-state index is 12.4. The Bertz CT molecular complexity index is 700. The standard InChI is InChI=1S/C15H14N4O2/c16-13(20)14-17-8-11-6-7-19(9-12(11)18-14)15(21)10-4-2-1-3-5-10/h1-5,8H,6-7,9H2,(H2,16,20). The number of fused-ring (bicyclic) bond motifs is 1. The van der Waals surface area contributed by atoms with Crippen molar-refractivity contribution in [3.8, 4) is 0 Å². The topological polar surface area (TPSA) is 89.2 Å². The van der Waals surface area contributed by atoms with Crippen LogP contribution in [0.3, 0.4) is 0 Å². The molecule has 2 heterocycles. The second-order valence-corrected chi connectivity index (χ2v) is 4.87. The van der Waals surface area contributed by atoms with E-state index in [1.165, 1.54) is 0 Å². The molecule has 2 aromatic rings. The molecular formula is C15H14N4O2. The molecule has 0 aliphatic carbocycles. The Hall–Kier alpha value is -2.76. The molecule has 1 aromatic carbocycles. The summed E-state index contributed by atoms with van der Waals surface area (Å²) in [5.74, 6) is -0.715. The minimum Gasteiger partial charge on any atom is -0.363 e. The highest BCUT2D eigenvalue weighted by molar-refractivity contribution is 5.94. The van der Waals surface area contributed by atoms with Crippen LogP contribution in [0.1, 0.15) is 32.2 Å². The summed E-state index contributed by atoms with van der Waals surface area (Å²) < 4.78 is 0. The van der Waals surface area contributed by atoms with Gasteiger partial charge in [-0.2, -0.15) is 0 Å². The number of carbonyl (C=O) groups excluding carboxylic acids is 2. The van der Waals surface area contributed by atoms with Crippen LogP contribution in [-0.2, 0) is 13.0 Å². The molecule has 0 saturated carbocycles. The second-order valence-electron chi connectivity index (χ2n) is 4.87. The first kappa shape index (κ1) is 13.2. The fourth-order valence-corrected chi connectivity index (χ4v) is 2.36. The zero-order chi connectivity index (χ0) is 14.8. The number of primary amides is 1. The molecule has 1 aliphatic heterocycles.